The van der Waals surface area contributed by atoms with Crippen molar-refractivity contribution >= 4 is 18.0 Å². The maximum Gasteiger partial charge on any atom is 0.340 e. The van der Waals surface area contributed by atoms with Crippen molar-refractivity contribution in [1.82, 2.24) is 4.90 Å². The van der Waals surface area contributed by atoms with Gasteiger partial charge in [-0.3, -0.25) is 4.79 Å². The molecule has 1 amide bonds. The molecule has 2 heterocycles. The summed E-state index contributed by atoms with van der Waals surface area (Å²) >= 11 is 0. The Morgan fingerprint density at radius 1 is 1.31 bits per heavy atom. The number of benzene rings is 1. The molecule has 0 spiro atoms. The highest BCUT2D eigenvalue weighted by Gasteiger charge is 2.37. The lowest BCUT2D eigenvalue weighted by Crippen LogP contribution is -2.28. The minimum atomic E-state index is -0.475. The molecule has 3 rings (SSSR count). The number of ether oxygens (including phenoxy) is 3. The summed E-state index contributed by atoms with van der Waals surface area (Å²) in [6.45, 7) is 8.58. The fraction of sp³-hybridized carbons (Fsp3) is 0.400. The van der Waals surface area contributed by atoms with Crippen LogP contribution < -0.4 is 9.47 Å². The van der Waals surface area contributed by atoms with Crippen LogP contribution in [0.1, 0.15) is 33.3 Å². The Balaban J connectivity index is 2.02. The van der Waals surface area contributed by atoms with Crippen molar-refractivity contribution in [3.05, 3.63) is 40.6 Å². The van der Waals surface area contributed by atoms with Gasteiger partial charge in [0.25, 0.3) is 5.91 Å². The molecule has 0 fully saturated rings. The minimum Gasteiger partial charge on any atom is -0.462 e. The Kier molecular flexibility index (Phi) is 5.02. The lowest BCUT2D eigenvalue weighted by atomic mass is 10.0. The van der Waals surface area contributed by atoms with E-state index in [1.54, 1.807) is 37.0 Å². The van der Waals surface area contributed by atoms with Crippen LogP contribution >= 0.6 is 0 Å². The van der Waals surface area contributed by atoms with Gasteiger partial charge in [0.1, 0.15) is 0 Å². The average Bonchev–Trinajstić information content (AvgIpc) is 3.13. The molecule has 0 saturated heterocycles. The predicted molar refractivity (Wildman–Crippen MR) is 96.4 cm³/mol. The van der Waals surface area contributed by atoms with Crippen LogP contribution in [0, 0.1) is 5.92 Å². The second-order valence-corrected chi connectivity index (χ2v) is 6.66. The molecule has 2 aliphatic heterocycles. The van der Waals surface area contributed by atoms with E-state index in [1.807, 2.05) is 19.9 Å². The Morgan fingerprint density at radius 2 is 2.04 bits per heavy atom. The largest absolute Gasteiger partial charge is 0.462 e. The monoisotopic (exact) mass is 357 g/mol. The van der Waals surface area contributed by atoms with Gasteiger partial charge in [-0.1, -0.05) is 19.9 Å². The molecule has 6 heteroatoms. The molecular weight excluding hydrogens is 334 g/mol. The number of esters is 1. The topological polar surface area (TPSA) is 65.1 Å². The van der Waals surface area contributed by atoms with Crippen LogP contribution in [0.2, 0.25) is 0 Å². The molecule has 138 valence electrons. The first-order valence-corrected chi connectivity index (χ1v) is 8.74. The molecule has 1 aromatic rings. The fourth-order valence-corrected chi connectivity index (χ4v) is 3.08. The number of carbonyl (C=O) groups excluding carboxylic acids is 2. The second kappa shape index (κ2) is 7.23. The molecule has 0 saturated carbocycles. The van der Waals surface area contributed by atoms with Crippen LogP contribution in [0.15, 0.2) is 35.0 Å². The Morgan fingerprint density at radius 3 is 2.73 bits per heavy atom. The van der Waals surface area contributed by atoms with E-state index in [9.17, 15) is 9.59 Å². The highest BCUT2D eigenvalue weighted by molar-refractivity contribution is 6.16. The van der Waals surface area contributed by atoms with E-state index in [-0.39, 0.29) is 25.2 Å². The molecule has 1 aromatic carbocycles. The molecule has 6 nitrogen and oxygen atoms in total. The number of hydrogen-bond donors (Lipinski definition) is 0. The van der Waals surface area contributed by atoms with Crippen molar-refractivity contribution < 1.29 is 23.8 Å². The summed E-state index contributed by atoms with van der Waals surface area (Å²) in [6, 6.07) is 5.42. The van der Waals surface area contributed by atoms with Crippen LogP contribution in [0.25, 0.3) is 6.08 Å². The molecule has 2 aliphatic rings. The van der Waals surface area contributed by atoms with Gasteiger partial charge >= 0.3 is 5.97 Å². The predicted octanol–water partition coefficient (Wildman–Crippen LogP) is 3.13. The summed E-state index contributed by atoms with van der Waals surface area (Å²) in [6.07, 6.45) is 1.71. The van der Waals surface area contributed by atoms with Gasteiger partial charge < -0.3 is 19.1 Å². The van der Waals surface area contributed by atoms with E-state index in [0.717, 1.165) is 5.56 Å². The maximum atomic E-state index is 13.0. The number of carbonyl (C=O) groups is 2. The van der Waals surface area contributed by atoms with E-state index in [4.69, 9.17) is 14.2 Å². The van der Waals surface area contributed by atoms with Crippen LogP contribution in [0.4, 0.5) is 0 Å². The zero-order chi connectivity index (χ0) is 18.8. The van der Waals surface area contributed by atoms with E-state index in [1.165, 1.54) is 0 Å². The number of rotatable bonds is 5. The molecule has 0 N–H and O–H groups in total. The maximum absolute atomic E-state index is 13.0. The van der Waals surface area contributed by atoms with Crippen LogP contribution in [-0.4, -0.2) is 36.7 Å². The van der Waals surface area contributed by atoms with E-state index in [0.29, 0.717) is 34.9 Å². The van der Waals surface area contributed by atoms with Gasteiger partial charge in [0.15, 0.2) is 11.5 Å². The summed E-state index contributed by atoms with van der Waals surface area (Å²) in [5.74, 6) is 0.918. The van der Waals surface area contributed by atoms with Crippen LogP contribution in [0.3, 0.4) is 0 Å². The SMILES string of the molecule is CCOC(=O)C1=C(C)N(CC(C)C)C(=O)/C1=C\c1ccc2c(c1)OCO2. The zero-order valence-electron chi connectivity index (χ0n) is 15.5. The molecule has 0 radical (unpaired) electrons. The van der Waals surface area contributed by atoms with Crippen molar-refractivity contribution in [2.24, 2.45) is 5.92 Å². The molecule has 0 aliphatic carbocycles. The van der Waals surface area contributed by atoms with Gasteiger partial charge in [0.05, 0.1) is 17.8 Å². The first-order valence-electron chi connectivity index (χ1n) is 8.74. The number of fused-ring (bicyclic) bond motifs is 1. The fourth-order valence-electron chi connectivity index (χ4n) is 3.08. The summed E-state index contributed by atoms with van der Waals surface area (Å²) in [5.41, 5.74) is 2.07. The molecular formula is C20H23NO5. The second-order valence-electron chi connectivity index (χ2n) is 6.66. The summed E-state index contributed by atoms with van der Waals surface area (Å²) in [5, 5.41) is 0. The Hall–Kier alpha value is -2.76. The Labute approximate surface area is 153 Å². The number of nitrogens with zero attached hydrogens (tertiary/aromatic N) is 1. The van der Waals surface area contributed by atoms with Gasteiger partial charge in [-0.2, -0.15) is 0 Å². The summed E-state index contributed by atoms with van der Waals surface area (Å²) < 4.78 is 15.9. The lowest BCUT2D eigenvalue weighted by Gasteiger charge is -2.19. The van der Waals surface area contributed by atoms with Crippen molar-refractivity contribution in [2.75, 3.05) is 19.9 Å². The number of hydrogen-bond acceptors (Lipinski definition) is 5. The summed E-state index contributed by atoms with van der Waals surface area (Å²) in [7, 11) is 0. The van der Waals surface area contributed by atoms with Crippen LogP contribution in [-0.2, 0) is 14.3 Å². The molecule has 0 aromatic heterocycles. The molecule has 0 bridgehead atoms. The van der Waals surface area contributed by atoms with Crippen molar-refractivity contribution in [1.29, 1.82) is 0 Å². The van der Waals surface area contributed by atoms with E-state index >= 15 is 0 Å². The third-order valence-electron chi connectivity index (χ3n) is 4.25. The quantitative estimate of drug-likeness (QED) is 0.598. The van der Waals surface area contributed by atoms with Gasteiger partial charge in [0, 0.05) is 12.2 Å². The molecule has 0 unspecified atom stereocenters. The summed E-state index contributed by atoms with van der Waals surface area (Å²) in [4.78, 5) is 27.1. The smallest absolute Gasteiger partial charge is 0.340 e. The van der Waals surface area contributed by atoms with Crippen molar-refractivity contribution in [3.8, 4) is 11.5 Å². The standard InChI is InChI=1S/C20H23NO5/c1-5-24-20(23)18-13(4)21(10-12(2)3)19(22)15(18)8-14-6-7-16-17(9-14)26-11-25-16/h6-9,12H,5,10-11H2,1-4H3/b15-8-. The molecule has 26 heavy (non-hydrogen) atoms. The van der Waals surface area contributed by atoms with Gasteiger partial charge in [-0.15, -0.1) is 0 Å². The lowest BCUT2D eigenvalue weighted by molar-refractivity contribution is -0.138. The zero-order valence-corrected chi connectivity index (χ0v) is 15.5. The normalized spacial score (nSPS) is 17.7. The minimum absolute atomic E-state index is 0.183. The van der Waals surface area contributed by atoms with Crippen LogP contribution in [0.5, 0.6) is 11.5 Å². The van der Waals surface area contributed by atoms with Gasteiger partial charge in [-0.05, 0) is 43.5 Å². The Bertz CT molecular complexity index is 806. The van der Waals surface area contributed by atoms with Crippen molar-refractivity contribution in [2.45, 2.75) is 27.7 Å². The average molecular weight is 357 g/mol. The van der Waals surface area contributed by atoms with E-state index < -0.39 is 5.97 Å². The highest BCUT2D eigenvalue weighted by Crippen LogP contribution is 2.36. The first kappa shape index (κ1) is 18.0. The van der Waals surface area contributed by atoms with Gasteiger partial charge in [-0.25, -0.2) is 4.79 Å². The third kappa shape index (κ3) is 3.31. The number of allylic oxidation sites excluding steroid dienone is 1. The van der Waals surface area contributed by atoms with Gasteiger partial charge in [0.2, 0.25) is 6.79 Å². The number of amides is 1. The molecule has 0 atom stereocenters. The first-order chi connectivity index (χ1) is 12.4. The highest BCUT2D eigenvalue weighted by atomic mass is 16.7. The van der Waals surface area contributed by atoms with E-state index in [2.05, 4.69) is 0 Å². The third-order valence-corrected chi connectivity index (χ3v) is 4.25. The van der Waals surface area contributed by atoms with Crippen molar-refractivity contribution in [3.63, 3.8) is 0 Å².